The van der Waals surface area contributed by atoms with E-state index in [1.807, 2.05) is 0 Å². The number of hydroxylamine groups is 4. The number of rotatable bonds is 14. The van der Waals surface area contributed by atoms with Crippen LogP contribution in [-0.2, 0) is 67.0 Å². The second-order valence-electron chi connectivity index (χ2n) is 6.81. The van der Waals surface area contributed by atoms with E-state index in [0.717, 1.165) is 0 Å². The van der Waals surface area contributed by atoms with Crippen LogP contribution in [0.4, 0.5) is 0 Å². The maximum atomic E-state index is 11.5. The van der Waals surface area contributed by atoms with Crippen molar-refractivity contribution in [3.8, 4) is 0 Å². The van der Waals surface area contributed by atoms with Gasteiger partial charge < -0.3 is 28.6 Å². The van der Waals surface area contributed by atoms with Gasteiger partial charge in [-0.2, -0.15) is 0 Å². The quantitative estimate of drug-likeness (QED) is 0.117. The molecule has 2 saturated heterocycles. The first-order valence-corrected chi connectivity index (χ1v) is 10.3. The number of hydrogen-bond acceptors (Lipinski definition) is 14. The molecule has 0 bridgehead atoms. The van der Waals surface area contributed by atoms with Gasteiger partial charge in [-0.3, -0.25) is 28.8 Å². The van der Waals surface area contributed by atoms with Crippen LogP contribution >= 0.6 is 0 Å². The SMILES string of the molecule is C.C.C.C.C.C.C.C.O=C(CC(=O)OCCOCC(=O)ON1C(=O)CCC1=O)OCCOCC(=O)ON1C(=O)CCC1=O. The molecule has 0 aromatic rings. The summed E-state index contributed by atoms with van der Waals surface area (Å²) in [6, 6.07) is 0. The Morgan fingerprint density at radius 2 is 0.744 bits per heavy atom. The fourth-order valence-electron chi connectivity index (χ4n) is 2.53. The molecule has 16 heteroatoms. The number of ether oxygens (including phenoxy) is 4. The van der Waals surface area contributed by atoms with Crippen LogP contribution in [0.5, 0.6) is 0 Å². The van der Waals surface area contributed by atoms with Crippen LogP contribution in [-0.4, -0.2) is 97.3 Å². The summed E-state index contributed by atoms with van der Waals surface area (Å²) >= 11 is 0. The Balaban J connectivity index is -0.000000324. The summed E-state index contributed by atoms with van der Waals surface area (Å²) in [5.41, 5.74) is 0. The van der Waals surface area contributed by atoms with Gasteiger partial charge in [0, 0.05) is 25.7 Å². The van der Waals surface area contributed by atoms with E-state index < -0.39 is 67.1 Å². The smallest absolute Gasteiger partial charge is 0.358 e. The normalized spacial score (nSPS) is 12.6. The average Bonchev–Trinajstić information content (AvgIpc) is 3.28. The minimum absolute atomic E-state index is 0. The van der Waals surface area contributed by atoms with Crippen molar-refractivity contribution < 1.29 is 67.0 Å². The van der Waals surface area contributed by atoms with E-state index in [1.54, 1.807) is 0 Å². The Morgan fingerprint density at radius 1 is 0.465 bits per heavy atom. The summed E-state index contributed by atoms with van der Waals surface area (Å²) in [4.78, 5) is 100. The zero-order valence-electron chi connectivity index (χ0n) is 18.4. The Bertz CT molecular complexity index is 789. The molecule has 0 aliphatic carbocycles. The lowest BCUT2D eigenvalue weighted by Crippen LogP contribution is -2.33. The number of carbonyl (C=O) groups is 8. The molecule has 0 saturated carbocycles. The summed E-state index contributed by atoms with van der Waals surface area (Å²) in [6.45, 7) is -2.25. The minimum Gasteiger partial charge on any atom is -0.463 e. The van der Waals surface area contributed by atoms with Crippen molar-refractivity contribution in [2.45, 2.75) is 91.5 Å². The highest BCUT2D eigenvalue weighted by Crippen LogP contribution is 2.12. The third kappa shape index (κ3) is 19.8. The molecule has 2 heterocycles. The number of imide groups is 2. The van der Waals surface area contributed by atoms with Crippen molar-refractivity contribution in [1.29, 1.82) is 0 Å². The van der Waals surface area contributed by atoms with E-state index in [9.17, 15) is 38.4 Å². The number of nitrogens with zero attached hydrogens (tertiary/aromatic N) is 2. The molecule has 0 aromatic heterocycles. The third-order valence-corrected chi connectivity index (χ3v) is 4.11. The Hall–Kier alpha value is -3.92. The topological polar surface area (TPSA) is 198 Å². The lowest BCUT2D eigenvalue weighted by atomic mass is 10.4. The maximum absolute atomic E-state index is 11.5. The molecule has 0 atom stereocenters. The first kappa shape index (κ1) is 55.1. The molecular weight excluding hydrogens is 576 g/mol. The molecule has 0 N–H and O–H groups in total. The summed E-state index contributed by atoms with van der Waals surface area (Å²) in [5, 5.41) is 0.736. The van der Waals surface area contributed by atoms with Crippen molar-refractivity contribution in [3.63, 3.8) is 0 Å². The highest BCUT2D eigenvalue weighted by molar-refractivity contribution is 6.02. The van der Waals surface area contributed by atoms with E-state index >= 15 is 0 Å². The Morgan fingerprint density at radius 3 is 1.02 bits per heavy atom. The number of esters is 2. The molecule has 0 aromatic carbocycles. The lowest BCUT2D eigenvalue weighted by molar-refractivity contribution is -0.200. The Labute approximate surface area is 256 Å². The molecule has 2 rings (SSSR count). The van der Waals surface area contributed by atoms with Gasteiger partial charge in [0.05, 0.1) is 13.2 Å². The largest absolute Gasteiger partial charge is 0.463 e. The van der Waals surface area contributed by atoms with Gasteiger partial charge in [0.15, 0.2) is 0 Å². The van der Waals surface area contributed by atoms with Crippen LogP contribution in [0.25, 0.3) is 0 Å². The molecule has 2 aliphatic rings. The molecule has 0 unspecified atom stereocenters. The predicted molar refractivity (Wildman–Crippen MR) is 156 cm³/mol. The van der Waals surface area contributed by atoms with Gasteiger partial charge >= 0.3 is 23.9 Å². The van der Waals surface area contributed by atoms with Crippen LogP contribution in [0, 0.1) is 0 Å². The summed E-state index contributed by atoms with van der Waals surface area (Å²) < 4.78 is 19.2. The van der Waals surface area contributed by atoms with Gasteiger partial charge in [-0.25, -0.2) is 9.59 Å². The molecule has 4 amide bonds. The third-order valence-electron chi connectivity index (χ3n) is 4.11. The standard InChI is InChI=1S/C19H22N2O14.8CH4/c22-12-1-2-13(23)20(12)34-18(28)10-30-5-7-32-16(26)9-17(27)33-8-6-31-11-19(29)35-21-14(24)3-4-15(21)25;;;;;;;;/h1-11H2;8*1H4. The van der Waals surface area contributed by atoms with Crippen molar-refractivity contribution in [2.75, 3.05) is 39.6 Å². The van der Waals surface area contributed by atoms with Crippen molar-refractivity contribution in [2.24, 2.45) is 0 Å². The van der Waals surface area contributed by atoms with Gasteiger partial charge in [0.1, 0.15) is 32.8 Å². The molecule has 0 spiro atoms. The van der Waals surface area contributed by atoms with Gasteiger partial charge in [-0.1, -0.05) is 59.4 Å². The summed E-state index contributed by atoms with van der Waals surface area (Å²) in [7, 11) is 0. The second-order valence-corrected chi connectivity index (χ2v) is 6.81. The van der Waals surface area contributed by atoms with E-state index in [-0.39, 0.29) is 112 Å². The van der Waals surface area contributed by atoms with Crippen LogP contribution in [0.15, 0.2) is 0 Å². The van der Waals surface area contributed by atoms with Crippen molar-refractivity contribution >= 4 is 47.5 Å². The van der Waals surface area contributed by atoms with Crippen LogP contribution < -0.4 is 0 Å². The van der Waals surface area contributed by atoms with Gasteiger partial charge in [-0.05, 0) is 0 Å². The van der Waals surface area contributed by atoms with Crippen LogP contribution in [0.1, 0.15) is 91.5 Å². The first-order chi connectivity index (χ1) is 16.7. The zero-order valence-corrected chi connectivity index (χ0v) is 18.4. The molecule has 0 radical (unpaired) electrons. The van der Waals surface area contributed by atoms with Gasteiger partial charge in [0.25, 0.3) is 23.6 Å². The zero-order chi connectivity index (χ0) is 25.8. The molecular formula is C27H54N2O14. The van der Waals surface area contributed by atoms with E-state index in [4.69, 9.17) is 18.9 Å². The fourth-order valence-corrected chi connectivity index (χ4v) is 2.53. The molecule has 16 nitrogen and oxygen atoms in total. The van der Waals surface area contributed by atoms with Crippen molar-refractivity contribution in [3.05, 3.63) is 0 Å². The predicted octanol–water partition coefficient (Wildman–Crippen LogP) is 2.80. The molecule has 256 valence electrons. The Kier molecular flexibility index (Phi) is 36.1. The number of amides is 4. The number of hydrogen-bond donors (Lipinski definition) is 0. The average molecular weight is 631 g/mol. The first-order valence-electron chi connectivity index (χ1n) is 10.3. The van der Waals surface area contributed by atoms with Crippen molar-refractivity contribution in [1.82, 2.24) is 10.1 Å². The van der Waals surface area contributed by atoms with E-state index in [2.05, 4.69) is 9.68 Å². The van der Waals surface area contributed by atoms with Crippen LogP contribution in [0.3, 0.4) is 0 Å². The van der Waals surface area contributed by atoms with Crippen LogP contribution in [0.2, 0.25) is 0 Å². The highest BCUT2D eigenvalue weighted by Gasteiger charge is 2.33. The fraction of sp³-hybridized carbons (Fsp3) is 0.704. The summed E-state index contributed by atoms with van der Waals surface area (Å²) in [6.07, 6.45) is -0.894. The highest BCUT2D eigenvalue weighted by atomic mass is 16.7. The molecule has 2 fully saturated rings. The minimum atomic E-state index is -0.989. The number of carbonyl (C=O) groups excluding carboxylic acids is 8. The molecule has 2 aliphatic heterocycles. The monoisotopic (exact) mass is 630 g/mol. The lowest BCUT2D eigenvalue weighted by Gasteiger charge is -2.12. The second kappa shape index (κ2) is 28.2. The van der Waals surface area contributed by atoms with E-state index in [0.29, 0.717) is 10.1 Å². The van der Waals surface area contributed by atoms with E-state index in [1.165, 1.54) is 0 Å². The molecule has 43 heavy (non-hydrogen) atoms. The van der Waals surface area contributed by atoms with Gasteiger partial charge in [0.2, 0.25) is 0 Å². The summed E-state index contributed by atoms with van der Waals surface area (Å²) in [5.74, 6) is -6.37. The maximum Gasteiger partial charge on any atom is 0.358 e. The van der Waals surface area contributed by atoms with Gasteiger partial charge in [-0.15, -0.1) is 10.1 Å².